The molecular weight excluding hydrogens is 800 g/mol. The van der Waals surface area contributed by atoms with Crippen molar-refractivity contribution in [2.45, 2.75) is 78.6 Å². The molecule has 0 aliphatic carbocycles. The van der Waals surface area contributed by atoms with Crippen LogP contribution >= 0.6 is 0 Å². The summed E-state index contributed by atoms with van der Waals surface area (Å²) >= 11 is -0.0703. The van der Waals surface area contributed by atoms with Crippen LogP contribution in [0.2, 0.25) is 0 Å². The molecule has 0 radical (unpaired) electrons. The van der Waals surface area contributed by atoms with E-state index < -0.39 is 24.8 Å². The first-order valence-corrected chi connectivity index (χ1v) is 22.2. The monoisotopic (exact) mass is 844 g/mol. The summed E-state index contributed by atoms with van der Waals surface area (Å²) in [6, 6.07) is 50.6. The summed E-state index contributed by atoms with van der Waals surface area (Å²) in [6.07, 6.45) is 0. The molecule has 0 saturated heterocycles. The molecule has 0 amide bonds. The van der Waals surface area contributed by atoms with Gasteiger partial charge in [-0.05, 0) is 89.5 Å². The normalized spacial score (nSPS) is 12.1. The van der Waals surface area contributed by atoms with Gasteiger partial charge in [0.1, 0.15) is 24.8 Å². The van der Waals surface area contributed by atoms with Gasteiger partial charge < -0.3 is 9.11 Å². The molecule has 266 valence electrons. The largest absolute Gasteiger partial charge is 0.747 e. The highest BCUT2D eigenvalue weighted by atomic mass is 127. The summed E-state index contributed by atoms with van der Waals surface area (Å²) in [5.41, 5.74) is 3.31. The Labute approximate surface area is 312 Å². The van der Waals surface area contributed by atoms with Crippen molar-refractivity contribution in [3.8, 4) is 0 Å². The van der Waals surface area contributed by atoms with Crippen LogP contribution in [0.25, 0.3) is 0 Å². The Morgan fingerprint density at radius 2 is 0.740 bits per heavy atom. The summed E-state index contributed by atoms with van der Waals surface area (Å²) in [4.78, 5) is 4.08. The van der Waals surface area contributed by atoms with E-state index in [0.29, 0.717) is 6.92 Å². The standard InChI is InChI=1S/C20H26I.C18H15S.C2H6O6S2/c1-19(2,3)15-7-11-17(12-8-15)21-18-13-9-16(10-14-18)20(4,5)6;1-4-10-16(11-5-1)19(17-12-6-2-7-13-17)18-14-8-3-9-15-18;1-2(9(3,4)5)10(6,7)8/h7-14H,1-6H3;1-15H;2H,1H3,(H,3,4,5)(H,6,7,8)/q2*+1;/p-2. The molecule has 5 aromatic carbocycles. The minimum absolute atomic E-state index is 0.0146. The molecule has 50 heavy (non-hydrogen) atoms. The molecule has 0 aliphatic rings. The van der Waals surface area contributed by atoms with Crippen molar-refractivity contribution < 1.29 is 47.1 Å². The summed E-state index contributed by atoms with van der Waals surface area (Å²) in [5, 5.41) is 0. The zero-order valence-electron chi connectivity index (χ0n) is 29.4. The van der Waals surface area contributed by atoms with Crippen LogP contribution in [-0.4, -0.2) is 30.5 Å². The fourth-order valence-electron chi connectivity index (χ4n) is 4.37. The van der Waals surface area contributed by atoms with Crippen LogP contribution in [-0.2, 0) is 42.0 Å². The molecule has 0 unspecified atom stereocenters. The molecule has 0 atom stereocenters. The Balaban J connectivity index is 0.000000216. The van der Waals surface area contributed by atoms with Gasteiger partial charge in [-0.3, -0.25) is 0 Å². The van der Waals surface area contributed by atoms with Gasteiger partial charge in [0.2, 0.25) is 0 Å². The number of rotatable bonds is 7. The molecule has 6 nitrogen and oxygen atoms in total. The van der Waals surface area contributed by atoms with E-state index in [2.05, 4.69) is 181 Å². The molecule has 0 heterocycles. The van der Waals surface area contributed by atoms with E-state index in [1.807, 2.05) is 0 Å². The second kappa shape index (κ2) is 18.0. The number of halogens is 1. The van der Waals surface area contributed by atoms with Gasteiger partial charge in [-0.2, -0.15) is 0 Å². The van der Waals surface area contributed by atoms with Gasteiger partial charge in [-0.15, -0.1) is 0 Å². The van der Waals surface area contributed by atoms with Crippen molar-refractivity contribution in [2.75, 3.05) is 0 Å². The highest BCUT2D eigenvalue weighted by Crippen LogP contribution is 2.30. The molecule has 5 aromatic rings. The maximum Gasteiger partial charge on any atom is 0.357 e. The first kappa shape index (κ1) is 41.4. The minimum atomic E-state index is -5.01. The third kappa shape index (κ3) is 13.3. The summed E-state index contributed by atoms with van der Waals surface area (Å²) in [7, 11) is -10.0. The highest BCUT2D eigenvalue weighted by Gasteiger charge is 2.27. The van der Waals surface area contributed by atoms with Crippen LogP contribution < -0.4 is 21.2 Å². The molecule has 0 bridgehead atoms. The van der Waals surface area contributed by atoms with Crippen molar-refractivity contribution in [3.63, 3.8) is 0 Å². The van der Waals surface area contributed by atoms with E-state index >= 15 is 0 Å². The molecule has 0 aromatic heterocycles. The van der Waals surface area contributed by atoms with Crippen molar-refractivity contribution in [3.05, 3.63) is 158 Å². The van der Waals surface area contributed by atoms with Crippen LogP contribution in [0.5, 0.6) is 0 Å². The first-order valence-electron chi connectivity index (χ1n) is 15.9. The highest BCUT2D eigenvalue weighted by molar-refractivity contribution is 8.03. The van der Waals surface area contributed by atoms with Gasteiger partial charge in [-0.25, -0.2) is 16.8 Å². The van der Waals surface area contributed by atoms with Crippen molar-refractivity contribution >= 4 is 31.1 Å². The predicted octanol–water partition coefficient (Wildman–Crippen LogP) is 5.61. The predicted molar refractivity (Wildman–Crippen MR) is 198 cm³/mol. The van der Waals surface area contributed by atoms with E-state index in [-0.39, 0.29) is 42.9 Å². The fourth-order valence-corrected chi connectivity index (χ4v) is 9.79. The molecule has 0 saturated carbocycles. The van der Waals surface area contributed by atoms with Gasteiger partial charge in [0.05, 0.1) is 10.9 Å². The van der Waals surface area contributed by atoms with E-state index in [0.717, 1.165) is 0 Å². The van der Waals surface area contributed by atoms with Gasteiger partial charge in [-0.1, -0.05) is 120 Å². The Kier molecular flexibility index (Phi) is 14.9. The average Bonchev–Trinajstić information content (AvgIpc) is 3.06. The van der Waals surface area contributed by atoms with Gasteiger partial charge >= 0.3 is 21.2 Å². The van der Waals surface area contributed by atoms with E-state index in [1.54, 1.807) is 0 Å². The molecule has 0 spiro atoms. The molecule has 5 rings (SSSR count). The Morgan fingerprint density at radius 1 is 0.480 bits per heavy atom. The van der Waals surface area contributed by atoms with Crippen molar-refractivity contribution in [2.24, 2.45) is 0 Å². The summed E-state index contributed by atoms with van der Waals surface area (Å²) in [6.45, 7) is 14.1. The van der Waals surface area contributed by atoms with Gasteiger partial charge in [0.25, 0.3) is 0 Å². The van der Waals surface area contributed by atoms with Crippen LogP contribution in [0.1, 0.15) is 59.6 Å². The summed E-state index contributed by atoms with van der Waals surface area (Å²) in [5.74, 6) is 0. The van der Waals surface area contributed by atoms with Crippen LogP contribution in [0.15, 0.2) is 154 Å². The Bertz CT molecular complexity index is 1790. The van der Waals surface area contributed by atoms with Crippen molar-refractivity contribution in [1.82, 2.24) is 0 Å². The Morgan fingerprint density at radius 3 is 0.940 bits per heavy atom. The second-order valence-electron chi connectivity index (χ2n) is 13.4. The zero-order valence-corrected chi connectivity index (χ0v) is 34.0. The number of hydrogen-bond donors (Lipinski definition) is 0. The quantitative estimate of drug-likeness (QED) is 0.120. The molecule has 0 aliphatic heterocycles. The first-order chi connectivity index (χ1) is 23.3. The fraction of sp³-hybridized carbons (Fsp3) is 0.250. The third-order valence-electron chi connectivity index (χ3n) is 7.39. The van der Waals surface area contributed by atoms with E-state index in [1.165, 1.54) is 33.0 Å². The second-order valence-corrected chi connectivity index (χ2v) is 22.1. The molecular formula is C40H45IO6S3. The average molecular weight is 845 g/mol. The third-order valence-corrected chi connectivity index (χ3v) is 15.3. The topological polar surface area (TPSA) is 114 Å². The van der Waals surface area contributed by atoms with Gasteiger partial charge in [0, 0.05) is 0 Å². The number of benzene rings is 5. The maximum atomic E-state index is 9.84. The van der Waals surface area contributed by atoms with Crippen LogP contribution in [0.4, 0.5) is 0 Å². The minimum Gasteiger partial charge on any atom is -0.747 e. The molecule has 0 fully saturated rings. The lowest BCUT2D eigenvalue weighted by atomic mass is 9.87. The molecule has 0 N–H and O–H groups in total. The lowest BCUT2D eigenvalue weighted by Gasteiger charge is -2.18. The summed E-state index contributed by atoms with van der Waals surface area (Å²) < 4.78 is 59.6. The lowest BCUT2D eigenvalue weighted by molar-refractivity contribution is -0.597. The maximum absolute atomic E-state index is 9.84. The van der Waals surface area contributed by atoms with Crippen LogP contribution in [0, 0.1) is 7.14 Å². The van der Waals surface area contributed by atoms with Crippen LogP contribution in [0.3, 0.4) is 0 Å². The SMILES string of the molecule is CC(C)(C)c1ccc([I+]c2ccc(C(C)(C)C)cc2)cc1.CC(S(=O)(=O)[O-])S(=O)(=O)[O-].c1ccc([S+](c2ccccc2)c2ccccc2)cc1. The van der Waals surface area contributed by atoms with Gasteiger partial charge in [0.15, 0.2) is 21.8 Å². The van der Waals surface area contributed by atoms with E-state index in [4.69, 9.17) is 0 Å². The van der Waals surface area contributed by atoms with E-state index in [9.17, 15) is 25.9 Å². The molecule has 10 heteroatoms. The smallest absolute Gasteiger partial charge is 0.357 e. The zero-order chi connectivity index (χ0) is 37.2. The lowest BCUT2D eigenvalue weighted by Crippen LogP contribution is -3.61. The Hall–Kier alpha value is -3.00. The number of hydrogen-bond acceptors (Lipinski definition) is 6. The van der Waals surface area contributed by atoms with Crippen molar-refractivity contribution in [1.29, 1.82) is 0 Å².